The predicted molar refractivity (Wildman–Crippen MR) is 127 cm³/mol. The molecule has 3 fully saturated rings. The fraction of sp³-hybridized carbons (Fsp3) is 0.333. The average molecular weight is 522 g/mol. The van der Waals surface area contributed by atoms with Crippen molar-refractivity contribution in [2.75, 3.05) is 16.8 Å². The molecular formula is C24H19Cl3N2O5. The third-order valence-electron chi connectivity index (χ3n) is 6.81. The number of anilines is 2. The molecule has 0 radical (unpaired) electrons. The molecule has 10 heteroatoms. The van der Waals surface area contributed by atoms with Gasteiger partial charge in [0.2, 0.25) is 11.8 Å². The molecule has 2 aromatic rings. The van der Waals surface area contributed by atoms with Gasteiger partial charge in [-0.15, -0.1) is 23.2 Å². The summed E-state index contributed by atoms with van der Waals surface area (Å²) < 4.78 is 5.06. The maximum atomic E-state index is 13.1. The van der Waals surface area contributed by atoms with Crippen LogP contribution in [0.3, 0.4) is 0 Å². The topological polar surface area (TPSA) is 92.8 Å². The molecule has 0 spiro atoms. The van der Waals surface area contributed by atoms with E-state index in [4.69, 9.17) is 39.5 Å². The van der Waals surface area contributed by atoms with Gasteiger partial charge in [-0.25, -0.2) is 4.79 Å². The van der Waals surface area contributed by atoms with Crippen LogP contribution in [0.1, 0.15) is 16.8 Å². The van der Waals surface area contributed by atoms with E-state index in [1.165, 1.54) is 29.2 Å². The van der Waals surface area contributed by atoms with Crippen LogP contribution in [-0.4, -0.2) is 41.1 Å². The van der Waals surface area contributed by atoms with Crippen molar-refractivity contribution in [3.8, 4) is 0 Å². The number of rotatable bonds is 5. The van der Waals surface area contributed by atoms with Crippen molar-refractivity contribution in [2.45, 2.75) is 17.2 Å². The number of ether oxygens (including phenoxy) is 1. The monoisotopic (exact) mass is 520 g/mol. The van der Waals surface area contributed by atoms with E-state index in [0.717, 1.165) is 0 Å². The number of esters is 1. The second kappa shape index (κ2) is 8.87. The Morgan fingerprint density at radius 2 is 1.47 bits per heavy atom. The number of hydrogen-bond donors (Lipinski definition) is 1. The molecule has 176 valence electrons. The van der Waals surface area contributed by atoms with E-state index >= 15 is 0 Å². The molecule has 3 amide bonds. The Balaban J connectivity index is 1.21. The first kappa shape index (κ1) is 23.1. The SMILES string of the molecule is O=C(COC(=O)c1ccc(N2C(=O)[C@@H]3[C@H]4C[C@@H]([C@@H](Cl)[C@H]4Cl)[C@H]3C2=O)cc1)Nc1ccc(Cl)cc1. The van der Waals surface area contributed by atoms with E-state index in [-0.39, 0.29) is 40.0 Å². The third-order valence-corrected chi connectivity index (χ3v) is 8.38. The summed E-state index contributed by atoms with van der Waals surface area (Å²) in [7, 11) is 0. The Labute approximate surface area is 210 Å². The minimum absolute atomic E-state index is 0.103. The van der Waals surface area contributed by atoms with E-state index < -0.39 is 30.3 Å². The Kier molecular flexibility index (Phi) is 6.04. The number of amides is 3. The summed E-state index contributed by atoms with van der Waals surface area (Å²) >= 11 is 18.6. The number of fused-ring (bicyclic) bond motifs is 5. The number of nitrogens with one attached hydrogen (secondary N) is 1. The molecule has 34 heavy (non-hydrogen) atoms. The number of hydrogen-bond acceptors (Lipinski definition) is 5. The zero-order valence-corrected chi connectivity index (χ0v) is 19.9. The van der Waals surface area contributed by atoms with Crippen LogP contribution in [0.5, 0.6) is 0 Å². The van der Waals surface area contributed by atoms with Gasteiger partial charge in [0.05, 0.1) is 33.8 Å². The number of nitrogens with zero attached hydrogens (tertiary/aromatic N) is 1. The fourth-order valence-corrected chi connectivity index (χ4v) is 6.31. The second-order valence-electron chi connectivity index (χ2n) is 8.69. The molecule has 2 aromatic carbocycles. The van der Waals surface area contributed by atoms with E-state index in [9.17, 15) is 19.2 Å². The van der Waals surface area contributed by atoms with Gasteiger partial charge in [0.25, 0.3) is 5.91 Å². The van der Waals surface area contributed by atoms with E-state index in [0.29, 0.717) is 22.8 Å². The van der Waals surface area contributed by atoms with E-state index in [1.54, 1.807) is 24.3 Å². The molecule has 1 aliphatic heterocycles. The van der Waals surface area contributed by atoms with Crippen molar-refractivity contribution in [1.82, 2.24) is 0 Å². The van der Waals surface area contributed by atoms with Crippen LogP contribution < -0.4 is 10.2 Å². The third kappa shape index (κ3) is 3.85. The van der Waals surface area contributed by atoms with Crippen molar-refractivity contribution in [3.05, 3.63) is 59.1 Å². The zero-order valence-electron chi connectivity index (χ0n) is 17.6. The van der Waals surface area contributed by atoms with Crippen molar-refractivity contribution >= 4 is 69.9 Å². The Morgan fingerprint density at radius 3 is 2.03 bits per heavy atom. The molecule has 0 unspecified atom stereocenters. The molecule has 3 aliphatic rings. The molecular weight excluding hydrogens is 503 g/mol. The van der Waals surface area contributed by atoms with Crippen molar-refractivity contribution in [1.29, 1.82) is 0 Å². The second-order valence-corrected chi connectivity index (χ2v) is 10.1. The van der Waals surface area contributed by atoms with Crippen LogP contribution >= 0.6 is 34.8 Å². The fourth-order valence-electron chi connectivity index (χ4n) is 5.29. The summed E-state index contributed by atoms with van der Waals surface area (Å²) in [6.07, 6.45) is 0.694. The summed E-state index contributed by atoms with van der Waals surface area (Å²) in [4.78, 5) is 51.6. The predicted octanol–water partition coefficient (Wildman–Crippen LogP) is 4.11. The van der Waals surface area contributed by atoms with Gasteiger partial charge in [-0.1, -0.05) is 11.6 Å². The lowest BCUT2D eigenvalue weighted by atomic mass is 9.80. The largest absolute Gasteiger partial charge is 0.452 e. The molecule has 1 heterocycles. The molecule has 2 saturated carbocycles. The number of carbonyl (C=O) groups excluding carboxylic acids is 4. The van der Waals surface area contributed by atoms with Gasteiger partial charge < -0.3 is 10.1 Å². The first-order valence-electron chi connectivity index (χ1n) is 10.7. The standard InChI is InChI=1S/C24H19Cl3N2O5/c25-12-3-5-13(6-4-12)28-17(30)10-34-24(33)11-1-7-14(8-2-11)29-22(31)18-15-9-16(19(18)23(29)32)21(27)20(15)26/h1-8,15-16,18-21H,9-10H2,(H,28,30)/t15-,16-,18-,19-,20-,21+/m1/s1. The number of imide groups is 1. The normalized spacial score (nSPS) is 29.3. The zero-order chi connectivity index (χ0) is 24.1. The summed E-state index contributed by atoms with van der Waals surface area (Å²) in [6.45, 7) is -0.475. The maximum absolute atomic E-state index is 13.1. The molecule has 2 aliphatic carbocycles. The van der Waals surface area contributed by atoms with Crippen molar-refractivity contribution < 1.29 is 23.9 Å². The van der Waals surface area contributed by atoms with E-state index in [2.05, 4.69) is 5.32 Å². The molecule has 2 bridgehead atoms. The van der Waals surface area contributed by atoms with Gasteiger partial charge in [-0.05, 0) is 66.8 Å². The van der Waals surface area contributed by atoms with Crippen molar-refractivity contribution in [2.24, 2.45) is 23.7 Å². The average Bonchev–Trinajstić information content (AvgIpc) is 3.44. The Hall–Kier alpha value is -2.61. The van der Waals surface area contributed by atoms with Crippen LogP contribution in [0.15, 0.2) is 48.5 Å². The van der Waals surface area contributed by atoms with Crippen LogP contribution in [0.25, 0.3) is 0 Å². The molecule has 6 atom stereocenters. The number of alkyl halides is 2. The molecule has 0 aromatic heterocycles. The number of carbonyl (C=O) groups is 4. The molecule has 7 nitrogen and oxygen atoms in total. The Bertz CT molecular complexity index is 1140. The molecule has 1 N–H and O–H groups in total. The minimum Gasteiger partial charge on any atom is -0.452 e. The smallest absolute Gasteiger partial charge is 0.338 e. The van der Waals surface area contributed by atoms with Crippen LogP contribution in [-0.2, 0) is 19.1 Å². The van der Waals surface area contributed by atoms with Crippen LogP contribution in [0.2, 0.25) is 5.02 Å². The van der Waals surface area contributed by atoms with Gasteiger partial charge in [0, 0.05) is 10.7 Å². The minimum atomic E-state index is -0.707. The van der Waals surface area contributed by atoms with Gasteiger partial charge in [-0.3, -0.25) is 19.3 Å². The maximum Gasteiger partial charge on any atom is 0.338 e. The highest BCUT2D eigenvalue weighted by molar-refractivity contribution is 6.32. The summed E-state index contributed by atoms with van der Waals surface area (Å²) in [5.41, 5.74) is 1.08. The van der Waals surface area contributed by atoms with Crippen molar-refractivity contribution in [3.63, 3.8) is 0 Å². The van der Waals surface area contributed by atoms with Gasteiger partial charge in [0.15, 0.2) is 6.61 Å². The van der Waals surface area contributed by atoms with E-state index in [1.807, 2.05) is 0 Å². The first-order valence-corrected chi connectivity index (χ1v) is 12.0. The molecule has 5 rings (SSSR count). The number of benzene rings is 2. The Morgan fingerprint density at radius 1 is 0.912 bits per heavy atom. The van der Waals surface area contributed by atoms with Gasteiger partial charge in [-0.2, -0.15) is 0 Å². The highest BCUT2D eigenvalue weighted by atomic mass is 35.5. The highest BCUT2D eigenvalue weighted by Gasteiger charge is 2.66. The lowest BCUT2D eigenvalue weighted by Crippen LogP contribution is -2.37. The lowest BCUT2D eigenvalue weighted by Gasteiger charge is -2.28. The van der Waals surface area contributed by atoms with Gasteiger partial charge >= 0.3 is 5.97 Å². The first-order chi connectivity index (χ1) is 16.3. The van der Waals surface area contributed by atoms with Gasteiger partial charge in [0.1, 0.15) is 0 Å². The number of halogens is 3. The molecule has 1 saturated heterocycles. The quantitative estimate of drug-likeness (QED) is 0.363. The summed E-state index contributed by atoms with van der Waals surface area (Å²) in [5.74, 6) is -2.85. The van der Waals surface area contributed by atoms with Crippen LogP contribution in [0.4, 0.5) is 11.4 Å². The lowest BCUT2D eigenvalue weighted by molar-refractivity contribution is -0.123. The highest BCUT2D eigenvalue weighted by Crippen LogP contribution is 2.59. The van der Waals surface area contributed by atoms with Crippen LogP contribution in [0, 0.1) is 23.7 Å². The summed E-state index contributed by atoms with van der Waals surface area (Å²) in [5, 5.41) is 2.49. The summed E-state index contributed by atoms with van der Waals surface area (Å²) in [6, 6.07) is 12.4.